The summed E-state index contributed by atoms with van der Waals surface area (Å²) in [5.74, 6) is 1.17. The molecule has 1 aliphatic rings. The second-order valence-corrected chi connectivity index (χ2v) is 6.57. The predicted octanol–water partition coefficient (Wildman–Crippen LogP) is 2.64. The zero-order chi connectivity index (χ0) is 16.9. The molecule has 3 rings (SSSR count). The standard InChI is InChI=1S/C19H24N4O/c1-22(2)18-9-8-15(12-21-18)13-23-11-5-6-16(14-23)19(24)17-7-3-4-10-20-17/h3-4,7-10,12,16H,5-6,11,13-14H2,1-2H3/t16-/m1/s1. The number of nitrogens with zero attached hydrogens (tertiary/aromatic N) is 4. The monoisotopic (exact) mass is 324 g/mol. The van der Waals surface area contributed by atoms with Gasteiger partial charge in [-0.15, -0.1) is 0 Å². The number of ketones is 1. The maximum atomic E-state index is 12.6. The third kappa shape index (κ3) is 3.97. The Kier molecular flexibility index (Phi) is 5.20. The molecule has 1 fully saturated rings. The number of hydrogen-bond acceptors (Lipinski definition) is 5. The van der Waals surface area contributed by atoms with Crippen molar-refractivity contribution in [2.45, 2.75) is 19.4 Å². The van der Waals surface area contributed by atoms with Crippen molar-refractivity contribution >= 4 is 11.6 Å². The van der Waals surface area contributed by atoms with Crippen LogP contribution in [-0.4, -0.2) is 47.8 Å². The Bertz CT molecular complexity index is 670. The summed E-state index contributed by atoms with van der Waals surface area (Å²) in [6.07, 6.45) is 5.61. The molecule has 2 aromatic heterocycles. The van der Waals surface area contributed by atoms with Crippen molar-refractivity contribution in [1.29, 1.82) is 0 Å². The Morgan fingerprint density at radius 2 is 2.12 bits per heavy atom. The molecule has 0 amide bonds. The van der Waals surface area contributed by atoms with E-state index in [1.807, 2.05) is 49.5 Å². The normalized spacial score (nSPS) is 18.3. The minimum absolute atomic E-state index is 0.0441. The van der Waals surface area contributed by atoms with Crippen molar-refractivity contribution in [3.05, 3.63) is 54.0 Å². The number of hydrogen-bond donors (Lipinski definition) is 0. The summed E-state index contributed by atoms with van der Waals surface area (Å²) < 4.78 is 0. The number of pyridine rings is 2. The van der Waals surface area contributed by atoms with Gasteiger partial charge in [0.25, 0.3) is 0 Å². The Morgan fingerprint density at radius 1 is 1.25 bits per heavy atom. The van der Waals surface area contributed by atoms with Gasteiger partial charge in [0.2, 0.25) is 0 Å². The maximum Gasteiger partial charge on any atom is 0.185 e. The summed E-state index contributed by atoms with van der Waals surface area (Å²) in [6, 6.07) is 9.68. The van der Waals surface area contributed by atoms with Crippen LogP contribution in [0.3, 0.4) is 0 Å². The topological polar surface area (TPSA) is 49.3 Å². The van der Waals surface area contributed by atoms with E-state index in [-0.39, 0.29) is 11.7 Å². The van der Waals surface area contributed by atoms with Crippen LogP contribution in [0.1, 0.15) is 28.9 Å². The Hall–Kier alpha value is -2.27. The highest BCUT2D eigenvalue weighted by molar-refractivity contribution is 5.96. The third-order valence-corrected chi connectivity index (χ3v) is 4.47. The van der Waals surface area contributed by atoms with Gasteiger partial charge in [0.1, 0.15) is 11.5 Å². The first kappa shape index (κ1) is 16.6. The maximum absolute atomic E-state index is 12.6. The fourth-order valence-electron chi connectivity index (χ4n) is 3.16. The van der Waals surface area contributed by atoms with E-state index < -0.39 is 0 Å². The molecule has 1 atom stereocenters. The van der Waals surface area contributed by atoms with Crippen molar-refractivity contribution in [3.63, 3.8) is 0 Å². The van der Waals surface area contributed by atoms with Crippen LogP contribution in [0.2, 0.25) is 0 Å². The van der Waals surface area contributed by atoms with Gasteiger partial charge in [-0.3, -0.25) is 14.7 Å². The SMILES string of the molecule is CN(C)c1ccc(CN2CCC[C@@H](C(=O)c3ccccn3)C2)cn1. The van der Waals surface area contributed by atoms with Crippen LogP contribution in [0.5, 0.6) is 0 Å². The molecule has 0 aromatic carbocycles. The summed E-state index contributed by atoms with van der Waals surface area (Å²) in [5, 5.41) is 0. The number of anilines is 1. The largest absolute Gasteiger partial charge is 0.363 e. The van der Waals surface area contributed by atoms with Crippen molar-refractivity contribution < 1.29 is 4.79 Å². The van der Waals surface area contributed by atoms with E-state index >= 15 is 0 Å². The van der Waals surface area contributed by atoms with E-state index in [0.717, 1.165) is 38.3 Å². The summed E-state index contributed by atoms with van der Waals surface area (Å²) in [5.41, 5.74) is 1.77. The Morgan fingerprint density at radius 3 is 2.79 bits per heavy atom. The highest BCUT2D eigenvalue weighted by atomic mass is 16.1. The summed E-state index contributed by atoms with van der Waals surface area (Å²) in [6.45, 7) is 2.67. The number of carbonyl (C=O) groups is 1. The molecule has 1 aliphatic heterocycles. The zero-order valence-corrected chi connectivity index (χ0v) is 14.4. The summed E-state index contributed by atoms with van der Waals surface area (Å²) in [4.78, 5) is 25.6. The summed E-state index contributed by atoms with van der Waals surface area (Å²) in [7, 11) is 3.97. The Labute approximate surface area is 143 Å². The number of carbonyl (C=O) groups excluding carboxylic acids is 1. The van der Waals surface area contributed by atoms with Gasteiger partial charge in [0.05, 0.1) is 0 Å². The second kappa shape index (κ2) is 7.53. The van der Waals surface area contributed by atoms with E-state index in [1.165, 1.54) is 5.56 Å². The van der Waals surface area contributed by atoms with E-state index in [1.54, 1.807) is 6.20 Å². The van der Waals surface area contributed by atoms with Gasteiger partial charge in [0.15, 0.2) is 5.78 Å². The second-order valence-electron chi connectivity index (χ2n) is 6.57. The highest BCUT2D eigenvalue weighted by Crippen LogP contribution is 2.22. The zero-order valence-electron chi connectivity index (χ0n) is 14.4. The van der Waals surface area contributed by atoms with Gasteiger partial charge in [-0.1, -0.05) is 12.1 Å². The van der Waals surface area contributed by atoms with E-state index in [9.17, 15) is 4.79 Å². The van der Waals surface area contributed by atoms with Crippen LogP contribution in [0.4, 0.5) is 5.82 Å². The number of aromatic nitrogens is 2. The molecule has 0 N–H and O–H groups in total. The quantitative estimate of drug-likeness (QED) is 0.791. The first-order valence-electron chi connectivity index (χ1n) is 8.43. The molecule has 24 heavy (non-hydrogen) atoms. The molecule has 0 saturated carbocycles. The van der Waals surface area contributed by atoms with Crippen molar-refractivity contribution in [2.24, 2.45) is 5.92 Å². The predicted molar refractivity (Wildman–Crippen MR) is 95.1 cm³/mol. The molecule has 0 radical (unpaired) electrons. The highest BCUT2D eigenvalue weighted by Gasteiger charge is 2.27. The molecule has 0 aliphatic carbocycles. The first-order valence-corrected chi connectivity index (χ1v) is 8.43. The molecule has 5 nitrogen and oxygen atoms in total. The van der Waals surface area contributed by atoms with Crippen LogP contribution in [0.25, 0.3) is 0 Å². The van der Waals surface area contributed by atoms with Crippen LogP contribution < -0.4 is 4.90 Å². The first-order chi connectivity index (χ1) is 11.6. The Balaban J connectivity index is 1.62. The smallest absolute Gasteiger partial charge is 0.185 e. The van der Waals surface area contributed by atoms with Crippen LogP contribution in [-0.2, 0) is 6.54 Å². The van der Waals surface area contributed by atoms with E-state index in [4.69, 9.17) is 0 Å². The van der Waals surface area contributed by atoms with Crippen LogP contribution in [0, 0.1) is 5.92 Å². The van der Waals surface area contributed by atoms with Gasteiger partial charge in [-0.05, 0) is 43.1 Å². The number of Topliss-reactive ketones (excluding diaryl/α,β-unsaturated/α-hetero) is 1. The lowest BCUT2D eigenvalue weighted by molar-refractivity contribution is 0.0806. The van der Waals surface area contributed by atoms with Crippen molar-refractivity contribution in [3.8, 4) is 0 Å². The number of likely N-dealkylation sites (tertiary alicyclic amines) is 1. The van der Waals surface area contributed by atoms with Crippen LogP contribution >= 0.6 is 0 Å². The molecule has 126 valence electrons. The lowest BCUT2D eigenvalue weighted by Crippen LogP contribution is -2.38. The molecule has 0 spiro atoms. The average Bonchev–Trinajstić information content (AvgIpc) is 2.62. The number of piperidine rings is 1. The number of rotatable bonds is 5. The van der Waals surface area contributed by atoms with Crippen molar-refractivity contribution in [1.82, 2.24) is 14.9 Å². The van der Waals surface area contributed by atoms with Gasteiger partial charge < -0.3 is 4.90 Å². The van der Waals surface area contributed by atoms with Gasteiger partial charge in [0, 0.05) is 45.5 Å². The van der Waals surface area contributed by atoms with Gasteiger partial charge in [-0.25, -0.2) is 4.98 Å². The van der Waals surface area contributed by atoms with Gasteiger partial charge in [-0.2, -0.15) is 0 Å². The molecule has 1 saturated heterocycles. The minimum Gasteiger partial charge on any atom is -0.363 e. The molecule has 3 heterocycles. The fraction of sp³-hybridized carbons (Fsp3) is 0.421. The summed E-state index contributed by atoms with van der Waals surface area (Å²) >= 11 is 0. The van der Waals surface area contributed by atoms with Gasteiger partial charge >= 0.3 is 0 Å². The molecular weight excluding hydrogens is 300 g/mol. The molecular formula is C19H24N4O. The lowest BCUT2D eigenvalue weighted by atomic mass is 9.91. The van der Waals surface area contributed by atoms with Crippen molar-refractivity contribution in [2.75, 3.05) is 32.1 Å². The average molecular weight is 324 g/mol. The molecule has 0 unspecified atom stereocenters. The molecule has 2 aromatic rings. The van der Waals surface area contributed by atoms with E-state index in [2.05, 4.69) is 20.9 Å². The fourth-order valence-corrected chi connectivity index (χ4v) is 3.16. The minimum atomic E-state index is 0.0441. The third-order valence-electron chi connectivity index (χ3n) is 4.47. The van der Waals surface area contributed by atoms with E-state index in [0.29, 0.717) is 5.69 Å². The lowest BCUT2D eigenvalue weighted by Gasteiger charge is -2.31. The molecule has 5 heteroatoms. The molecule has 0 bridgehead atoms. The van der Waals surface area contributed by atoms with Crippen LogP contribution in [0.15, 0.2) is 42.7 Å².